The fraction of sp³-hybridized carbons (Fsp3) is 0.733. The fourth-order valence-corrected chi connectivity index (χ4v) is 1.81. The van der Waals surface area contributed by atoms with Gasteiger partial charge in [-0.2, -0.15) is 0 Å². The second kappa shape index (κ2) is 13.5. The van der Waals surface area contributed by atoms with Crippen LogP contribution in [0.3, 0.4) is 0 Å². The molecule has 0 bridgehead atoms. The van der Waals surface area contributed by atoms with Gasteiger partial charge in [0, 0.05) is 0 Å². The molecule has 0 heterocycles. The highest BCUT2D eigenvalue weighted by atomic mass is 14.0. The van der Waals surface area contributed by atoms with Gasteiger partial charge in [-0.3, -0.25) is 0 Å². The van der Waals surface area contributed by atoms with Crippen LogP contribution in [0.15, 0.2) is 25.3 Å². The second-order valence-electron chi connectivity index (χ2n) is 4.34. The Balaban J connectivity index is 2.86. The molecule has 15 heavy (non-hydrogen) atoms. The van der Waals surface area contributed by atoms with E-state index in [0.717, 1.165) is 0 Å². The summed E-state index contributed by atoms with van der Waals surface area (Å²) in [7, 11) is 0. The predicted octanol–water partition coefficient (Wildman–Crippen LogP) is 5.65. The summed E-state index contributed by atoms with van der Waals surface area (Å²) < 4.78 is 0. The van der Waals surface area contributed by atoms with Crippen molar-refractivity contribution in [3.8, 4) is 0 Å². The van der Waals surface area contributed by atoms with E-state index in [1.807, 2.05) is 12.2 Å². The van der Waals surface area contributed by atoms with Gasteiger partial charge in [0.1, 0.15) is 0 Å². The van der Waals surface area contributed by atoms with E-state index in [1.165, 1.54) is 70.6 Å². The standard InChI is InChI=1S/C15H28/c1-3-5-7-9-11-13-15-14-12-10-8-6-4-2/h3-4H,1-2,5-15H2. The summed E-state index contributed by atoms with van der Waals surface area (Å²) in [6.07, 6.45) is 19.0. The Morgan fingerprint density at radius 2 is 0.733 bits per heavy atom. The molecule has 88 valence electrons. The zero-order chi connectivity index (χ0) is 11.2. The Morgan fingerprint density at radius 1 is 0.467 bits per heavy atom. The summed E-state index contributed by atoms with van der Waals surface area (Å²) >= 11 is 0. The van der Waals surface area contributed by atoms with Crippen molar-refractivity contribution < 1.29 is 0 Å². The molecule has 0 nitrogen and oxygen atoms in total. The maximum Gasteiger partial charge on any atom is -0.0353 e. The van der Waals surface area contributed by atoms with E-state index in [4.69, 9.17) is 0 Å². The van der Waals surface area contributed by atoms with Crippen molar-refractivity contribution in [2.75, 3.05) is 0 Å². The van der Waals surface area contributed by atoms with Crippen LogP contribution in [0.25, 0.3) is 0 Å². The van der Waals surface area contributed by atoms with Crippen LogP contribution in [0.5, 0.6) is 0 Å². The van der Waals surface area contributed by atoms with E-state index in [9.17, 15) is 0 Å². The van der Waals surface area contributed by atoms with Gasteiger partial charge in [-0.15, -0.1) is 13.2 Å². The van der Waals surface area contributed by atoms with Crippen LogP contribution in [0, 0.1) is 0 Å². The van der Waals surface area contributed by atoms with Gasteiger partial charge in [-0.25, -0.2) is 0 Å². The quantitative estimate of drug-likeness (QED) is 0.287. The van der Waals surface area contributed by atoms with E-state index in [0.29, 0.717) is 0 Å². The Labute approximate surface area is 96.5 Å². The Morgan fingerprint density at radius 3 is 1.00 bits per heavy atom. The molecule has 0 N–H and O–H groups in total. The van der Waals surface area contributed by atoms with Gasteiger partial charge in [0.15, 0.2) is 0 Å². The topological polar surface area (TPSA) is 0 Å². The van der Waals surface area contributed by atoms with Crippen molar-refractivity contribution in [2.24, 2.45) is 0 Å². The molecule has 0 saturated heterocycles. The first-order valence-electron chi connectivity index (χ1n) is 6.63. The van der Waals surface area contributed by atoms with Gasteiger partial charge >= 0.3 is 0 Å². The van der Waals surface area contributed by atoms with Crippen molar-refractivity contribution in [2.45, 2.75) is 70.6 Å². The largest absolute Gasteiger partial charge is 0.103 e. The zero-order valence-electron chi connectivity index (χ0n) is 10.3. The van der Waals surface area contributed by atoms with E-state index in [2.05, 4.69) is 13.2 Å². The summed E-state index contributed by atoms with van der Waals surface area (Å²) in [5.41, 5.74) is 0. The SMILES string of the molecule is C=CCCCCCCCCCCCC=C. The van der Waals surface area contributed by atoms with E-state index < -0.39 is 0 Å². The summed E-state index contributed by atoms with van der Waals surface area (Å²) in [6.45, 7) is 7.47. The fourth-order valence-electron chi connectivity index (χ4n) is 1.81. The third kappa shape index (κ3) is 13.5. The van der Waals surface area contributed by atoms with Gasteiger partial charge < -0.3 is 0 Å². The molecule has 0 unspecified atom stereocenters. The van der Waals surface area contributed by atoms with E-state index in [-0.39, 0.29) is 0 Å². The molecule has 0 fully saturated rings. The molecule has 0 saturated carbocycles. The molecule has 0 aliphatic carbocycles. The van der Waals surface area contributed by atoms with Crippen LogP contribution in [-0.4, -0.2) is 0 Å². The van der Waals surface area contributed by atoms with Crippen LogP contribution in [0.4, 0.5) is 0 Å². The smallest absolute Gasteiger partial charge is 0.0353 e. The van der Waals surface area contributed by atoms with Crippen LogP contribution in [-0.2, 0) is 0 Å². The molecule has 0 spiro atoms. The maximum atomic E-state index is 3.74. The molecule has 0 aliphatic rings. The first kappa shape index (κ1) is 14.5. The van der Waals surface area contributed by atoms with Crippen LogP contribution >= 0.6 is 0 Å². The Bertz CT molecular complexity index is 119. The molecule has 0 heteroatoms. The third-order valence-corrected chi connectivity index (χ3v) is 2.82. The monoisotopic (exact) mass is 208 g/mol. The second-order valence-corrected chi connectivity index (χ2v) is 4.34. The summed E-state index contributed by atoms with van der Waals surface area (Å²) in [4.78, 5) is 0. The van der Waals surface area contributed by atoms with Gasteiger partial charge in [-0.1, -0.05) is 57.1 Å². The molecule has 0 atom stereocenters. The molecule has 0 radical (unpaired) electrons. The highest BCUT2D eigenvalue weighted by Gasteiger charge is 1.91. The first-order chi connectivity index (χ1) is 7.41. The average Bonchev–Trinajstić information content (AvgIpc) is 2.26. The predicted molar refractivity (Wildman–Crippen MR) is 71.2 cm³/mol. The maximum absolute atomic E-state index is 3.74. The van der Waals surface area contributed by atoms with E-state index >= 15 is 0 Å². The van der Waals surface area contributed by atoms with Gasteiger partial charge in [0.05, 0.1) is 0 Å². The lowest BCUT2D eigenvalue weighted by atomic mass is 10.1. The summed E-state index contributed by atoms with van der Waals surface area (Å²) in [5.74, 6) is 0. The van der Waals surface area contributed by atoms with Crippen molar-refractivity contribution in [1.82, 2.24) is 0 Å². The Kier molecular flexibility index (Phi) is 13.0. The van der Waals surface area contributed by atoms with Crippen molar-refractivity contribution >= 4 is 0 Å². The van der Waals surface area contributed by atoms with Crippen LogP contribution in [0.2, 0.25) is 0 Å². The minimum absolute atomic E-state index is 1.20. The number of hydrogen-bond acceptors (Lipinski definition) is 0. The molecular formula is C15H28. The lowest BCUT2D eigenvalue weighted by molar-refractivity contribution is 0.561. The molecule has 0 rings (SSSR count). The van der Waals surface area contributed by atoms with E-state index in [1.54, 1.807) is 0 Å². The van der Waals surface area contributed by atoms with Crippen molar-refractivity contribution in [3.63, 3.8) is 0 Å². The third-order valence-electron chi connectivity index (χ3n) is 2.82. The molecule has 0 aromatic carbocycles. The summed E-state index contributed by atoms with van der Waals surface area (Å²) in [6, 6.07) is 0. The van der Waals surface area contributed by atoms with Crippen molar-refractivity contribution in [3.05, 3.63) is 25.3 Å². The van der Waals surface area contributed by atoms with Gasteiger partial charge in [0.25, 0.3) is 0 Å². The zero-order valence-corrected chi connectivity index (χ0v) is 10.3. The van der Waals surface area contributed by atoms with Crippen LogP contribution < -0.4 is 0 Å². The van der Waals surface area contributed by atoms with Crippen molar-refractivity contribution in [1.29, 1.82) is 0 Å². The van der Waals surface area contributed by atoms with Gasteiger partial charge in [0.2, 0.25) is 0 Å². The summed E-state index contributed by atoms with van der Waals surface area (Å²) in [5, 5.41) is 0. The minimum Gasteiger partial charge on any atom is -0.103 e. The van der Waals surface area contributed by atoms with Crippen LogP contribution in [0.1, 0.15) is 70.6 Å². The Hall–Kier alpha value is -0.520. The lowest BCUT2D eigenvalue weighted by Crippen LogP contribution is -1.81. The van der Waals surface area contributed by atoms with Gasteiger partial charge in [-0.05, 0) is 25.7 Å². The number of rotatable bonds is 12. The number of hydrogen-bond donors (Lipinski definition) is 0. The molecular weight excluding hydrogens is 180 g/mol. The highest BCUT2D eigenvalue weighted by Crippen LogP contribution is 2.11. The normalized spacial score (nSPS) is 10.1. The minimum atomic E-state index is 1.20. The number of unbranched alkanes of at least 4 members (excludes halogenated alkanes) is 10. The number of allylic oxidation sites excluding steroid dienone is 2. The first-order valence-corrected chi connectivity index (χ1v) is 6.63. The average molecular weight is 208 g/mol. The molecule has 0 aliphatic heterocycles. The lowest BCUT2D eigenvalue weighted by Gasteiger charge is -2.01. The molecule has 0 aromatic rings. The highest BCUT2D eigenvalue weighted by molar-refractivity contribution is 4.66. The molecule has 0 aromatic heterocycles. The molecule has 0 amide bonds.